The second-order valence-electron chi connectivity index (χ2n) is 4.91. The highest BCUT2D eigenvalue weighted by Crippen LogP contribution is 2.16. The maximum absolute atomic E-state index is 13.5. The Hall–Kier alpha value is -2.41. The Bertz CT molecular complexity index is 779. The monoisotopic (exact) mass is 336 g/mol. The van der Waals surface area contributed by atoms with Crippen LogP contribution < -0.4 is 9.62 Å². The largest absolute Gasteiger partial charge is 0.350 e. The minimum absolute atomic E-state index is 0.0586. The molecule has 0 radical (unpaired) electrons. The molecule has 5 nitrogen and oxygen atoms in total. The Morgan fingerprint density at radius 2 is 1.70 bits per heavy atom. The highest BCUT2D eigenvalue weighted by molar-refractivity contribution is 7.92. The van der Waals surface area contributed by atoms with Crippen LogP contribution >= 0.6 is 0 Å². The van der Waals surface area contributed by atoms with Gasteiger partial charge in [0.05, 0.1) is 24.1 Å². The minimum Gasteiger partial charge on any atom is -0.350 e. The molecule has 0 aromatic heterocycles. The summed E-state index contributed by atoms with van der Waals surface area (Å²) < 4.78 is 38.5. The lowest BCUT2D eigenvalue weighted by molar-refractivity contribution is 0.0951. The summed E-state index contributed by atoms with van der Waals surface area (Å²) in [5.41, 5.74) is 0.438. The number of amides is 1. The van der Waals surface area contributed by atoms with E-state index in [1.165, 1.54) is 22.5 Å². The van der Waals surface area contributed by atoms with Gasteiger partial charge in [0.15, 0.2) is 0 Å². The molecule has 0 unspecified atom stereocenters. The number of carbonyl (C=O) groups excluding carboxylic acids is 1. The number of para-hydroxylation sites is 1. The molecular weight excluding hydrogens is 319 g/mol. The summed E-state index contributed by atoms with van der Waals surface area (Å²) in [7, 11) is -3.48. The molecule has 0 aliphatic rings. The van der Waals surface area contributed by atoms with Crippen LogP contribution in [-0.4, -0.2) is 33.7 Å². The van der Waals surface area contributed by atoms with Crippen LogP contribution in [0, 0.1) is 5.82 Å². The molecule has 2 aromatic carbocycles. The van der Waals surface area contributed by atoms with Crippen LogP contribution in [0.2, 0.25) is 0 Å². The number of anilines is 1. The Morgan fingerprint density at radius 3 is 2.30 bits per heavy atom. The molecule has 0 bridgehead atoms. The van der Waals surface area contributed by atoms with Crippen molar-refractivity contribution in [2.45, 2.75) is 0 Å². The Kier molecular flexibility index (Phi) is 5.33. The second-order valence-corrected chi connectivity index (χ2v) is 6.81. The molecule has 23 heavy (non-hydrogen) atoms. The Balaban J connectivity index is 2.03. The van der Waals surface area contributed by atoms with Gasteiger partial charge in [0, 0.05) is 6.54 Å². The first kappa shape index (κ1) is 17.0. The van der Waals surface area contributed by atoms with E-state index in [-0.39, 0.29) is 18.7 Å². The highest BCUT2D eigenvalue weighted by Gasteiger charge is 2.17. The zero-order valence-corrected chi connectivity index (χ0v) is 13.4. The van der Waals surface area contributed by atoms with Crippen LogP contribution in [0.5, 0.6) is 0 Å². The predicted molar refractivity (Wildman–Crippen MR) is 87.4 cm³/mol. The van der Waals surface area contributed by atoms with Gasteiger partial charge < -0.3 is 5.32 Å². The number of rotatable bonds is 6. The summed E-state index contributed by atoms with van der Waals surface area (Å²) in [6.45, 7) is 0.123. The Labute approximate surface area is 134 Å². The summed E-state index contributed by atoms with van der Waals surface area (Å²) >= 11 is 0. The quantitative estimate of drug-likeness (QED) is 0.878. The molecule has 0 saturated heterocycles. The number of carbonyl (C=O) groups is 1. The van der Waals surface area contributed by atoms with Crippen LogP contribution in [0.25, 0.3) is 0 Å². The summed E-state index contributed by atoms with van der Waals surface area (Å²) in [5.74, 6) is -1.20. The van der Waals surface area contributed by atoms with Gasteiger partial charge in [0.1, 0.15) is 5.82 Å². The lowest BCUT2D eigenvalue weighted by Crippen LogP contribution is -2.38. The van der Waals surface area contributed by atoms with Crippen molar-refractivity contribution in [3.8, 4) is 0 Å². The fourth-order valence-electron chi connectivity index (χ4n) is 2.09. The minimum atomic E-state index is -3.48. The number of benzene rings is 2. The molecular formula is C16H17FN2O3S. The third-order valence-corrected chi connectivity index (χ3v) is 4.36. The molecule has 7 heteroatoms. The van der Waals surface area contributed by atoms with Crippen molar-refractivity contribution < 1.29 is 17.6 Å². The summed E-state index contributed by atoms with van der Waals surface area (Å²) in [4.78, 5) is 11.9. The average molecular weight is 336 g/mol. The van der Waals surface area contributed by atoms with Crippen molar-refractivity contribution >= 4 is 21.6 Å². The second kappa shape index (κ2) is 7.23. The molecule has 0 fully saturated rings. The summed E-state index contributed by atoms with van der Waals surface area (Å²) in [5, 5.41) is 2.53. The van der Waals surface area contributed by atoms with Gasteiger partial charge in [-0.25, -0.2) is 12.8 Å². The van der Waals surface area contributed by atoms with E-state index in [2.05, 4.69) is 5.32 Å². The third-order valence-electron chi connectivity index (χ3n) is 3.16. The molecule has 0 aliphatic heterocycles. The van der Waals surface area contributed by atoms with E-state index in [1.54, 1.807) is 36.4 Å². The van der Waals surface area contributed by atoms with E-state index >= 15 is 0 Å². The first-order valence-electron chi connectivity index (χ1n) is 6.95. The number of nitrogens with zero attached hydrogens (tertiary/aromatic N) is 1. The lowest BCUT2D eigenvalue weighted by atomic mass is 10.2. The number of halogens is 1. The van der Waals surface area contributed by atoms with Crippen molar-refractivity contribution in [2.24, 2.45) is 0 Å². The van der Waals surface area contributed by atoms with Crippen LogP contribution in [0.1, 0.15) is 10.4 Å². The molecule has 122 valence electrons. The fraction of sp³-hybridized carbons (Fsp3) is 0.188. The van der Waals surface area contributed by atoms with E-state index in [0.717, 1.165) is 6.26 Å². The van der Waals surface area contributed by atoms with Gasteiger partial charge in [-0.2, -0.15) is 0 Å². The SMILES string of the molecule is CS(=O)(=O)N(CCNC(=O)c1ccccc1F)c1ccccc1. The van der Waals surface area contributed by atoms with Crippen LogP contribution in [0.4, 0.5) is 10.1 Å². The lowest BCUT2D eigenvalue weighted by Gasteiger charge is -2.22. The highest BCUT2D eigenvalue weighted by atomic mass is 32.2. The zero-order chi connectivity index (χ0) is 16.9. The average Bonchev–Trinajstić information content (AvgIpc) is 2.51. The Morgan fingerprint density at radius 1 is 1.09 bits per heavy atom. The maximum atomic E-state index is 13.5. The molecule has 2 rings (SSSR count). The van der Waals surface area contributed by atoms with Crippen molar-refractivity contribution in [1.82, 2.24) is 5.32 Å². The summed E-state index contributed by atoms with van der Waals surface area (Å²) in [6, 6.07) is 14.2. The molecule has 1 amide bonds. The van der Waals surface area contributed by atoms with Crippen molar-refractivity contribution in [3.63, 3.8) is 0 Å². The van der Waals surface area contributed by atoms with Gasteiger partial charge in [0.25, 0.3) is 5.91 Å². The predicted octanol–water partition coefficient (Wildman–Crippen LogP) is 2.02. The first-order chi connectivity index (χ1) is 10.9. The topological polar surface area (TPSA) is 66.5 Å². The molecule has 0 spiro atoms. The third kappa shape index (κ3) is 4.53. The van der Waals surface area contributed by atoms with Crippen molar-refractivity contribution in [2.75, 3.05) is 23.7 Å². The standard InChI is InChI=1S/C16H17FN2O3S/c1-23(21,22)19(13-7-3-2-4-8-13)12-11-18-16(20)14-9-5-6-10-15(14)17/h2-10H,11-12H2,1H3,(H,18,20). The molecule has 1 N–H and O–H groups in total. The van der Waals surface area contributed by atoms with E-state index in [1.807, 2.05) is 0 Å². The van der Waals surface area contributed by atoms with E-state index in [9.17, 15) is 17.6 Å². The number of hydrogen-bond donors (Lipinski definition) is 1. The van der Waals surface area contributed by atoms with E-state index in [0.29, 0.717) is 5.69 Å². The van der Waals surface area contributed by atoms with Crippen molar-refractivity contribution in [1.29, 1.82) is 0 Å². The van der Waals surface area contributed by atoms with Gasteiger partial charge >= 0.3 is 0 Å². The van der Waals surface area contributed by atoms with Crippen molar-refractivity contribution in [3.05, 3.63) is 66.0 Å². The van der Waals surface area contributed by atoms with Gasteiger partial charge in [-0.15, -0.1) is 0 Å². The maximum Gasteiger partial charge on any atom is 0.254 e. The molecule has 0 aliphatic carbocycles. The van der Waals surface area contributed by atoms with E-state index in [4.69, 9.17) is 0 Å². The van der Waals surface area contributed by atoms with Crippen LogP contribution in [0.15, 0.2) is 54.6 Å². The normalized spacial score (nSPS) is 11.0. The van der Waals surface area contributed by atoms with Gasteiger partial charge in [-0.05, 0) is 24.3 Å². The number of sulfonamides is 1. The molecule has 0 heterocycles. The summed E-state index contributed by atoms with van der Waals surface area (Å²) in [6.07, 6.45) is 1.10. The molecule has 0 atom stereocenters. The van der Waals surface area contributed by atoms with Crippen LogP contribution in [0.3, 0.4) is 0 Å². The molecule has 0 saturated carbocycles. The van der Waals surface area contributed by atoms with Crippen LogP contribution in [-0.2, 0) is 10.0 Å². The number of nitrogens with one attached hydrogen (secondary N) is 1. The van der Waals surface area contributed by atoms with E-state index < -0.39 is 21.7 Å². The molecule has 2 aromatic rings. The van der Waals surface area contributed by atoms with Gasteiger partial charge in [0.2, 0.25) is 10.0 Å². The number of hydrogen-bond acceptors (Lipinski definition) is 3. The smallest absolute Gasteiger partial charge is 0.254 e. The van der Waals surface area contributed by atoms with Gasteiger partial charge in [-0.1, -0.05) is 30.3 Å². The van der Waals surface area contributed by atoms with Gasteiger partial charge in [-0.3, -0.25) is 9.10 Å². The first-order valence-corrected chi connectivity index (χ1v) is 8.80. The fourth-order valence-corrected chi connectivity index (χ4v) is 3.02. The zero-order valence-electron chi connectivity index (χ0n) is 12.6.